The number of rotatable bonds is 8. The number of aryl methyl sites for hydroxylation is 1. The Balaban J connectivity index is 1.13. The molecule has 0 aliphatic carbocycles. The molecule has 5 rings (SSSR count). The SMILES string of the molecule is CCc1nc2ccc(Cl)cn2c1C(=O)NCc1ccc(N2CCC(OCc3ccc(F)cc3)CC2)cc1. The topological polar surface area (TPSA) is 58.9 Å². The molecule has 0 bridgehead atoms. The number of carbonyl (C=O) groups excluding carboxylic acids is 1. The zero-order valence-electron chi connectivity index (χ0n) is 20.8. The molecule has 0 saturated carbocycles. The molecule has 1 fully saturated rings. The van der Waals surface area contributed by atoms with Crippen LogP contribution in [0.5, 0.6) is 0 Å². The Morgan fingerprint density at radius 3 is 2.46 bits per heavy atom. The first-order valence-corrected chi connectivity index (χ1v) is 13.0. The third-order valence-electron chi connectivity index (χ3n) is 6.80. The molecule has 0 spiro atoms. The van der Waals surface area contributed by atoms with E-state index in [1.165, 1.54) is 12.1 Å². The second kappa shape index (κ2) is 11.3. The van der Waals surface area contributed by atoms with E-state index in [-0.39, 0.29) is 17.8 Å². The Morgan fingerprint density at radius 1 is 1.05 bits per heavy atom. The third kappa shape index (κ3) is 5.95. The molecule has 0 unspecified atom stereocenters. The Labute approximate surface area is 221 Å². The summed E-state index contributed by atoms with van der Waals surface area (Å²) in [7, 11) is 0. The quantitative estimate of drug-likeness (QED) is 0.319. The lowest BCUT2D eigenvalue weighted by Crippen LogP contribution is -2.37. The van der Waals surface area contributed by atoms with Crippen molar-refractivity contribution in [2.75, 3.05) is 18.0 Å². The zero-order chi connectivity index (χ0) is 25.8. The predicted octanol–water partition coefficient (Wildman–Crippen LogP) is 5.80. The van der Waals surface area contributed by atoms with E-state index in [0.717, 1.165) is 48.4 Å². The summed E-state index contributed by atoms with van der Waals surface area (Å²) in [5, 5.41) is 3.59. The van der Waals surface area contributed by atoms with Crippen LogP contribution in [0.4, 0.5) is 10.1 Å². The molecule has 0 atom stereocenters. The van der Waals surface area contributed by atoms with Crippen LogP contribution >= 0.6 is 11.6 Å². The van der Waals surface area contributed by atoms with Gasteiger partial charge in [0.25, 0.3) is 5.91 Å². The van der Waals surface area contributed by atoms with Crippen LogP contribution in [-0.2, 0) is 24.3 Å². The van der Waals surface area contributed by atoms with Gasteiger partial charge >= 0.3 is 0 Å². The summed E-state index contributed by atoms with van der Waals surface area (Å²) in [4.78, 5) is 20.0. The van der Waals surface area contributed by atoms with E-state index in [0.29, 0.717) is 35.9 Å². The molecule has 1 aliphatic rings. The molecule has 1 saturated heterocycles. The fourth-order valence-electron chi connectivity index (χ4n) is 4.72. The van der Waals surface area contributed by atoms with E-state index >= 15 is 0 Å². The van der Waals surface area contributed by atoms with E-state index in [2.05, 4.69) is 39.5 Å². The van der Waals surface area contributed by atoms with Crippen LogP contribution in [-0.4, -0.2) is 34.5 Å². The standard InChI is InChI=1S/C29H30ClFN4O2/c1-2-26-28(35-18-22(30)7-12-27(35)33-26)29(36)32-17-20-5-10-24(11-6-20)34-15-13-25(14-16-34)37-19-21-3-8-23(31)9-4-21/h3-12,18,25H,2,13-17,19H2,1H3,(H,32,36). The maximum Gasteiger partial charge on any atom is 0.270 e. The van der Waals surface area contributed by atoms with Gasteiger partial charge in [0.1, 0.15) is 17.2 Å². The minimum absolute atomic E-state index is 0.168. The highest BCUT2D eigenvalue weighted by molar-refractivity contribution is 6.30. The van der Waals surface area contributed by atoms with Crippen LogP contribution in [0.1, 0.15) is 47.1 Å². The van der Waals surface area contributed by atoms with Gasteiger partial charge in [-0.3, -0.25) is 9.20 Å². The highest BCUT2D eigenvalue weighted by Crippen LogP contribution is 2.23. The Kier molecular flexibility index (Phi) is 7.72. The lowest BCUT2D eigenvalue weighted by molar-refractivity contribution is 0.0251. The van der Waals surface area contributed by atoms with Crippen molar-refractivity contribution in [2.45, 2.75) is 45.4 Å². The highest BCUT2D eigenvalue weighted by atomic mass is 35.5. The fourth-order valence-corrected chi connectivity index (χ4v) is 4.88. The van der Waals surface area contributed by atoms with Crippen LogP contribution in [0.2, 0.25) is 5.02 Å². The molecule has 37 heavy (non-hydrogen) atoms. The summed E-state index contributed by atoms with van der Waals surface area (Å²) in [5.74, 6) is -0.396. The number of pyridine rings is 1. The molecule has 3 heterocycles. The van der Waals surface area contributed by atoms with Crippen molar-refractivity contribution in [3.05, 3.63) is 100 Å². The summed E-state index contributed by atoms with van der Waals surface area (Å²) < 4.78 is 20.9. The van der Waals surface area contributed by atoms with Crippen LogP contribution in [0.25, 0.3) is 5.65 Å². The number of piperidine rings is 1. The van der Waals surface area contributed by atoms with Gasteiger partial charge < -0.3 is 15.0 Å². The Morgan fingerprint density at radius 2 is 1.76 bits per heavy atom. The first-order valence-electron chi connectivity index (χ1n) is 12.6. The molecule has 192 valence electrons. The number of benzene rings is 2. The third-order valence-corrected chi connectivity index (χ3v) is 7.02. The van der Waals surface area contributed by atoms with Gasteiger partial charge in [-0.2, -0.15) is 0 Å². The average molecular weight is 521 g/mol. The van der Waals surface area contributed by atoms with Crippen molar-refractivity contribution in [3.63, 3.8) is 0 Å². The number of hydrogen-bond donors (Lipinski definition) is 1. The number of aromatic nitrogens is 2. The van der Waals surface area contributed by atoms with Crippen molar-refractivity contribution in [3.8, 4) is 0 Å². The Bertz CT molecular complexity index is 1360. The largest absolute Gasteiger partial charge is 0.373 e. The molecule has 1 N–H and O–H groups in total. The zero-order valence-corrected chi connectivity index (χ0v) is 21.5. The highest BCUT2D eigenvalue weighted by Gasteiger charge is 2.21. The van der Waals surface area contributed by atoms with Crippen molar-refractivity contribution in [1.82, 2.24) is 14.7 Å². The van der Waals surface area contributed by atoms with Crippen LogP contribution in [0.3, 0.4) is 0 Å². The molecule has 1 amide bonds. The number of amides is 1. The fraction of sp³-hybridized carbons (Fsp3) is 0.310. The number of anilines is 1. The van der Waals surface area contributed by atoms with E-state index < -0.39 is 0 Å². The number of carbonyl (C=O) groups is 1. The van der Waals surface area contributed by atoms with Crippen LogP contribution in [0.15, 0.2) is 66.9 Å². The maximum absolute atomic E-state index is 13.1. The molecule has 2 aromatic carbocycles. The maximum atomic E-state index is 13.1. The first kappa shape index (κ1) is 25.2. The minimum atomic E-state index is -0.228. The minimum Gasteiger partial charge on any atom is -0.373 e. The van der Waals surface area contributed by atoms with Crippen molar-refractivity contribution in [2.24, 2.45) is 0 Å². The smallest absolute Gasteiger partial charge is 0.270 e. The van der Waals surface area contributed by atoms with Crippen molar-refractivity contribution in [1.29, 1.82) is 0 Å². The molecule has 1 aliphatic heterocycles. The van der Waals surface area contributed by atoms with Gasteiger partial charge in [0.05, 0.1) is 23.4 Å². The van der Waals surface area contributed by atoms with Gasteiger partial charge in [-0.05, 0) is 66.8 Å². The van der Waals surface area contributed by atoms with Gasteiger partial charge in [0.2, 0.25) is 0 Å². The summed E-state index contributed by atoms with van der Waals surface area (Å²) in [6, 6.07) is 18.4. The molecule has 0 radical (unpaired) electrons. The number of fused-ring (bicyclic) bond motifs is 1. The summed E-state index contributed by atoms with van der Waals surface area (Å²) in [5.41, 5.74) is 5.17. The summed E-state index contributed by atoms with van der Waals surface area (Å²) >= 11 is 6.15. The Hall–Kier alpha value is -3.42. The van der Waals surface area contributed by atoms with Crippen LogP contribution < -0.4 is 10.2 Å². The molecule has 8 heteroatoms. The number of hydrogen-bond acceptors (Lipinski definition) is 4. The number of ether oxygens (including phenoxy) is 1. The van der Waals surface area contributed by atoms with Gasteiger partial charge in [-0.1, -0.05) is 42.8 Å². The normalized spacial score (nSPS) is 14.3. The van der Waals surface area contributed by atoms with Crippen molar-refractivity contribution >= 4 is 28.8 Å². The number of nitrogens with zero attached hydrogens (tertiary/aromatic N) is 3. The van der Waals surface area contributed by atoms with Gasteiger partial charge in [0.15, 0.2) is 0 Å². The lowest BCUT2D eigenvalue weighted by Gasteiger charge is -2.33. The number of halogens is 2. The van der Waals surface area contributed by atoms with E-state index in [1.807, 2.05) is 13.0 Å². The summed E-state index contributed by atoms with van der Waals surface area (Å²) in [6.07, 6.45) is 4.48. The molecule has 2 aromatic heterocycles. The molecule has 6 nitrogen and oxygen atoms in total. The van der Waals surface area contributed by atoms with E-state index in [9.17, 15) is 9.18 Å². The van der Waals surface area contributed by atoms with Crippen LogP contribution in [0, 0.1) is 5.82 Å². The monoisotopic (exact) mass is 520 g/mol. The second-order valence-electron chi connectivity index (χ2n) is 9.31. The average Bonchev–Trinajstić information content (AvgIpc) is 3.30. The second-order valence-corrected chi connectivity index (χ2v) is 9.75. The number of nitrogens with one attached hydrogen (secondary N) is 1. The van der Waals surface area contributed by atoms with Gasteiger partial charge in [-0.25, -0.2) is 9.37 Å². The van der Waals surface area contributed by atoms with Crippen molar-refractivity contribution < 1.29 is 13.9 Å². The van der Waals surface area contributed by atoms with Gasteiger partial charge in [0, 0.05) is 31.5 Å². The molecular weight excluding hydrogens is 491 g/mol. The number of imidazole rings is 1. The van der Waals surface area contributed by atoms with E-state index in [4.69, 9.17) is 16.3 Å². The molecular formula is C29H30ClFN4O2. The lowest BCUT2D eigenvalue weighted by atomic mass is 10.1. The summed E-state index contributed by atoms with van der Waals surface area (Å²) in [6.45, 7) is 4.75. The van der Waals surface area contributed by atoms with Gasteiger partial charge in [-0.15, -0.1) is 0 Å². The first-order chi connectivity index (χ1) is 18.0. The molecule has 4 aromatic rings. The predicted molar refractivity (Wildman–Crippen MR) is 144 cm³/mol. The van der Waals surface area contributed by atoms with E-state index in [1.54, 1.807) is 28.8 Å².